The summed E-state index contributed by atoms with van der Waals surface area (Å²) in [6.07, 6.45) is 0. The Hall–Kier alpha value is -0.760. The van der Waals surface area contributed by atoms with Crippen molar-refractivity contribution in [3.63, 3.8) is 0 Å². The van der Waals surface area contributed by atoms with Crippen LogP contribution in [0.5, 0.6) is 0 Å². The van der Waals surface area contributed by atoms with E-state index in [4.69, 9.17) is 0 Å². The fraction of sp³-hybridized carbons (Fsp3) is 0.364. The molecule has 0 atom stereocenters. The molecule has 0 saturated heterocycles. The van der Waals surface area contributed by atoms with E-state index in [2.05, 4.69) is 44.6 Å². The summed E-state index contributed by atoms with van der Waals surface area (Å²) in [5.41, 5.74) is 3.55. The van der Waals surface area contributed by atoms with Crippen molar-refractivity contribution in [1.82, 2.24) is 0 Å². The molecule has 1 aromatic rings. The highest BCUT2D eigenvalue weighted by Crippen LogP contribution is 2.33. The van der Waals surface area contributed by atoms with Crippen LogP contribution < -0.4 is 0 Å². The molecule has 13 heavy (non-hydrogen) atoms. The van der Waals surface area contributed by atoms with Crippen LogP contribution in [-0.2, 0) is 0 Å². The summed E-state index contributed by atoms with van der Waals surface area (Å²) >= 11 is 1.82. The van der Waals surface area contributed by atoms with E-state index in [1.165, 1.54) is 16.0 Å². The first kappa shape index (κ1) is 10.3. The van der Waals surface area contributed by atoms with Gasteiger partial charge in [-0.3, -0.25) is 4.99 Å². The number of hydrogen-bond donors (Lipinski definition) is 0. The summed E-state index contributed by atoms with van der Waals surface area (Å²) < 4.78 is 0. The second-order valence-electron chi connectivity index (χ2n) is 3.02. The standard InChI is InChI=1S/C11H15NS/c1-5-13-10-7-8(2)6-9(3)11(10)12-4/h6-7H,4-5H2,1-3H3. The zero-order valence-corrected chi connectivity index (χ0v) is 9.24. The SMILES string of the molecule is C=Nc1c(C)cc(C)cc1SCC. The fourth-order valence-corrected chi connectivity index (χ4v) is 2.33. The number of thioether (sulfide) groups is 1. The van der Waals surface area contributed by atoms with Gasteiger partial charge in [-0.15, -0.1) is 11.8 Å². The molecule has 0 heterocycles. The Balaban J connectivity index is 3.20. The van der Waals surface area contributed by atoms with Gasteiger partial charge in [0.2, 0.25) is 0 Å². The molecule has 0 saturated carbocycles. The highest BCUT2D eigenvalue weighted by atomic mass is 32.2. The molecule has 0 unspecified atom stereocenters. The highest BCUT2D eigenvalue weighted by molar-refractivity contribution is 7.99. The third kappa shape index (κ3) is 2.34. The zero-order valence-electron chi connectivity index (χ0n) is 8.42. The van der Waals surface area contributed by atoms with Crippen LogP contribution in [0.4, 0.5) is 5.69 Å². The maximum absolute atomic E-state index is 4.06. The van der Waals surface area contributed by atoms with Crippen LogP contribution in [0.1, 0.15) is 18.1 Å². The quantitative estimate of drug-likeness (QED) is 0.526. The van der Waals surface area contributed by atoms with Crippen molar-refractivity contribution < 1.29 is 0 Å². The van der Waals surface area contributed by atoms with Crippen LogP contribution >= 0.6 is 11.8 Å². The Morgan fingerprint density at radius 2 is 2.08 bits per heavy atom. The summed E-state index contributed by atoms with van der Waals surface area (Å²) in [4.78, 5) is 5.30. The molecule has 0 radical (unpaired) electrons. The highest BCUT2D eigenvalue weighted by Gasteiger charge is 2.04. The predicted octanol–water partition coefficient (Wildman–Crippen LogP) is 3.75. The lowest BCUT2D eigenvalue weighted by atomic mass is 10.1. The van der Waals surface area contributed by atoms with Gasteiger partial charge in [0.05, 0.1) is 5.69 Å². The fourth-order valence-electron chi connectivity index (χ4n) is 1.39. The van der Waals surface area contributed by atoms with E-state index in [-0.39, 0.29) is 0 Å². The van der Waals surface area contributed by atoms with E-state index in [9.17, 15) is 0 Å². The van der Waals surface area contributed by atoms with Crippen LogP contribution in [0.25, 0.3) is 0 Å². The van der Waals surface area contributed by atoms with Gasteiger partial charge in [0.15, 0.2) is 0 Å². The summed E-state index contributed by atoms with van der Waals surface area (Å²) in [7, 11) is 0. The number of nitrogens with zero attached hydrogens (tertiary/aromatic N) is 1. The molecule has 0 aromatic heterocycles. The third-order valence-electron chi connectivity index (χ3n) is 1.87. The molecule has 1 rings (SSSR count). The minimum absolute atomic E-state index is 1.04. The molecule has 0 fully saturated rings. The molecule has 0 amide bonds. The van der Waals surface area contributed by atoms with Gasteiger partial charge in [-0.1, -0.05) is 13.0 Å². The lowest BCUT2D eigenvalue weighted by Crippen LogP contribution is -1.83. The van der Waals surface area contributed by atoms with E-state index in [0.717, 1.165) is 11.4 Å². The summed E-state index contributed by atoms with van der Waals surface area (Å²) in [6.45, 7) is 9.94. The molecule has 0 spiro atoms. The smallest absolute Gasteiger partial charge is 0.0787 e. The summed E-state index contributed by atoms with van der Waals surface area (Å²) in [6, 6.07) is 4.31. The largest absolute Gasteiger partial charge is 0.263 e. The lowest BCUT2D eigenvalue weighted by molar-refractivity contribution is 1.26. The van der Waals surface area contributed by atoms with Crippen LogP contribution in [0.3, 0.4) is 0 Å². The van der Waals surface area contributed by atoms with Crippen molar-refractivity contribution in [3.05, 3.63) is 23.3 Å². The minimum atomic E-state index is 1.04. The lowest BCUT2D eigenvalue weighted by Gasteiger charge is -2.08. The zero-order chi connectivity index (χ0) is 9.84. The molecule has 0 N–H and O–H groups in total. The summed E-state index contributed by atoms with van der Waals surface area (Å²) in [5, 5.41) is 0. The van der Waals surface area contributed by atoms with Gasteiger partial charge >= 0.3 is 0 Å². The van der Waals surface area contributed by atoms with Crippen LogP contribution in [0, 0.1) is 13.8 Å². The third-order valence-corrected chi connectivity index (χ3v) is 2.78. The first-order valence-electron chi connectivity index (χ1n) is 4.39. The van der Waals surface area contributed by atoms with E-state index in [1.54, 1.807) is 0 Å². The Morgan fingerprint density at radius 3 is 2.62 bits per heavy atom. The van der Waals surface area contributed by atoms with Crippen molar-refractivity contribution in [1.29, 1.82) is 0 Å². The maximum atomic E-state index is 4.06. The van der Waals surface area contributed by atoms with Gasteiger partial charge in [0, 0.05) is 4.90 Å². The van der Waals surface area contributed by atoms with Gasteiger partial charge in [-0.2, -0.15) is 0 Å². The van der Waals surface area contributed by atoms with Crippen molar-refractivity contribution in [2.24, 2.45) is 4.99 Å². The minimum Gasteiger partial charge on any atom is -0.263 e. The normalized spacial score (nSPS) is 10.1. The van der Waals surface area contributed by atoms with Crippen LogP contribution in [0.2, 0.25) is 0 Å². The Bertz CT molecular complexity index is 318. The molecular formula is C11H15NS. The topological polar surface area (TPSA) is 12.4 Å². The number of hydrogen-bond acceptors (Lipinski definition) is 2. The van der Waals surface area contributed by atoms with Crippen LogP contribution in [-0.4, -0.2) is 12.5 Å². The number of rotatable bonds is 3. The van der Waals surface area contributed by atoms with Gasteiger partial charge < -0.3 is 0 Å². The average molecular weight is 193 g/mol. The predicted molar refractivity (Wildman–Crippen MR) is 61.5 cm³/mol. The molecule has 0 aliphatic carbocycles. The molecule has 70 valence electrons. The average Bonchev–Trinajstić information content (AvgIpc) is 2.04. The van der Waals surface area contributed by atoms with Crippen molar-refractivity contribution in [2.75, 3.05) is 5.75 Å². The van der Waals surface area contributed by atoms with Gasteiger partial charge in [-0.25, -0.2) is 0 Å². The van der Waals surface area contributed by atoms with Gasteiger partial charge in [0.25, 0.3) is 0 Å². The van der Waals surface area contributed by atoms with Gasteiger partial charge in [0.1, 0.15) is 0 Å². The maximum Gasteiger partial charge on any atom is 0.0787 e. The van der Waals surface area contributed by atoms with E-state index in [1.807, 2.05) is 11.8 Å². The van der Waals surface area contributed by atoms with E-state index < -0.39 is 0 Å². The number of aryl methyl sites for hydroxylation is 2. The molecular weight excluding hydrogens is 178 g/mol. The molecule has 1 nitrogen and oxygen atoms in total. The van der Waals surface area contributed by atoms with Crippen LogP contribution in [0.15, 0.2) is 22.0 Å². The second kappa shape index (κ2) is 4.47. The molecule has 2 heteroatoms. The van der Waals surface area contributed by atoms with E-state index in [0.29, 0.717) is 0 Å². The Kier molecular flexibility index (Phi) is 3.55. The monoisotopic (exact) mass is 193 g/mol. The number of aliphatic imine (C=N–C) groups is 1. The summed E-state index contributed by atoms with van der Waals surface area (Å²) in [5.74, 6) is 1.07. The van der Waals surface area contributed by atoms with Gasteiger partial charge in [-0.05, 0) is 43.5 Å². The molecule has 0 aliphatic heterocycles. The van der Waals surface area contributed by atoms with Crippen molar-refractivity contribution in [3.8, 4) is 0 Å². The Labute approximate surface area is 84.3 Å². The number of benzene rings is 1. The van der Waals surface area contributed by atoms with Crippen molar-refractivity contribution >= 4 is 24.2 Å². The molecule has 1 aromatic carbocycles. The first-order valence-corrected chi connectivity index (χ1v) is 5.38. The van der Waals surface area contributed by atoms with E-state index >= 15 is 0 Å². The van der Waals surface area contributed by atoms with Crippen molar-refractivity contribution in [2.45, 2.75) is 25.7 Å². The first-order chi connectivity index (χ1) is 6.19. The molecule has 0 aliphatic rings. The Morgan fingerprint density at radius 1 is 1.38 bits per heavy atom. The molecule has 0 bridgehead atoms. The second-order valence-corrected chi connectivity index (χ2v) is 4.33.